The van der Waals surface area contributed by atoms with E-state index >= 15 is 0 Å². The zero-order valence-corrected chi connectivity index (χ0v) is 23.7. The summed E-state index contributed by atoms with van der Waals surface area (Å²) in [5.74, 6) is 2.60. The number of likely N-dealkylation sites (tertiary alicyclic amines) is 1. The van der Waals surface area contributed by atoms with Gasteiger partial charge in [0.15, 0.2) is 5.82 Å². The first-order chi connectivity index (χ1) is 19.5. The number of carbonyl (C=O) groups is 2. The summed E-state index contributed by atoms with van der Waals surface area (Å²) in [6.45, 7) is 3.64. The van der Waals surface area contributed by atoms with Crippen molar-refractivity contribution >= 4 is 35.0 Å². The lowest BCUT2D eigenvalue weighted by Gasteiger charge is -2.30. The predicted molar refractivity (Wildman–Crippen MR) is 156 cm³/mol. The van der Waals surface area contributed by atoms with Gasteiger partial charge in [-0.2, -0.15) is 4.98 Å². The molecule has 1 aromatic heterocycles. The quantitative estimate of drug-likeness (QED) is 0.487. The first-order valence-electron chi connectivity index (χ1n) is 14.9. The molecule has 4 aliphatic rings. The molecule has 1 atom stereocenters. The van der Waals surface area contributed by atoms with Crippen LogP contribution in [0.4, 0.5) is 23.1 Å². The topological polar surface area (TPSA) is 103 Å². The van der Waals surface area contributed by atoms with Gasteiger partial charge < -0.3 is 25.2 Å². The summed E-state index contributed by atoms with van der Waals surface area (Å²) >= 11 is 0. The molecule has 2 aliphatic heterocycles. The number of nitrogens with zero attached hydrogens (tertiary/aromatic N) is 5. The minimum absolute atomic E-state index is 0.0742. The molecule has 2 saturated carbocycles. The van der Waals surface area contributed by atoms with E-state index in [4.69, 9.17) is 9.72 Å². The minimum Gasteiger partial charge on any atom is -0.495 e. The highest BCUT2D eigenvalue weighted by Crippen LogP contribution is 2.37. The third kappa shape index (κ3) is 5.73. The van der Waals surface area contributed by atoms with Crippen LogP contribution >= 0.6 is 0 Å². The Hall–Kier alpha value is -3.40. The number of fused-ring (bicyclic) bond motifs is 1. The fourth-order valence-electron chi connectivity index (χ4n) is 6.44. The Bertz CT molecular complexity index is 1240. The number of methoxy groups -OCH3 is 1. The van der Waals surface area contributed by atoms with Gasteiger partial charge >= 0.3 is 0 Å². The van der Waals surface area contributed by atoms with Crippen LogP contribution in [0.5, 0.6) is 5.75 Å². The molecule has 2 aliphatic carbocycles. The number of aromatic nitrogens is 2. The molecule has 0 spiro atoms. The standard InChI is InChI=1S/C30H41N7O3/c1-35-25-18-32-30(34-28(25)37(15-13-27(35)38)22-6-3-4-7-22)33-24-12-11-21(16-26(24)40-2)29(39)31-17-23-8-5-14-36(23)19-20-9-10-20/h11-12,16,18,20,22-23H,3-10,13-15,17,19H2,1-2H3,(H,31,39)(H,32,33,34)/t23-/m0/s1. The van der Waals surface area contributed by atoms with Crippen molar-refractivity contribution in [3.8, 4) is 5.75 Å². The van der Waals surface area contributed by atoms with Gasteiger partial charge in [-0.1, -0.05) is 12.8 Å². The largest absolute Gasteiger partial charge is 0.495 e. The Labute approximate surface area is 236 Å². The molecule has 2 N–H and O–H groups in total. The van der Waals surface area contributed by atoms with E-state index in [2.05, 4.69) is 25.4 Å². The number of ether oxygens (including phenoxy) is 1. The summed E-state index contributed by atoms with van der Waals surface area (Å²) in [6.07, 6.45) is 11.9. The molecule has 0 radical (unpaired) electrons. The van der Waals surface area contributed by atoms with Crippen LogP contribution in [0.25, 0.3) is 0 Å². The number of rotatable bonds is 9. The van der Waals surface area contributed by atoms with Crippen molar-refractivity contribution in [1.29, 1.82) is 0 Å². The fraction of sp³-hybridized carbons (Fsp3) is 0.600. The van der Waals surface area contributed by atoms with Gasteiger partial charge in [-0.3, -0.25) is 14.5 Å². The highest BCUT2D eigenvalue weighted by atomic mass is 16.5. The van der Waals surface area contributed by atoms with Crippen molar-refractivity contribution in [2.45, 2.75) is 69.9 Å². The molecular weight excluding hydrogens is 506 g/mol. The van der Waals surface area contributed by atoms with E-state index in [9.17, 15) is 9.59 Å². The summed E-state index contributed by atoms with van der Waals surface area (Å²) < 4.78 is 5.65. The van der Waals surface area contributed by atoms with Crippen molar-refractivity contribution < 1.29 is 14.3 Å². The fourth-order valence-corrected chi connectivity index (χ4v) is 6.44. The molecule has 2 amide bonds. The summed E-state index contributed by atoms with van der Waals surface area (Å²) in [6, 6.07) is 6.21. The lowest BCUT2D eigenvalue weighted by atomic mass is 10.1. The van der Waals surface area contributed by atoms with Crippen LogP contribution in [0.15, 0.2) is 24.4 Å². The van der Waals surface area contributed by atoms with Gasteiger partial charge in [-0.15, -0.1) is 0 Å². The van der Waals surface area contributed by atoms with Crippen LogP contribution < -0.4 is 25.2 Å². The predicted octanol–water partition coefficient (Wildman–Crippen LogP) is 3.95. The van der Waals surface area contributed by atoms with Crippen LogP contribution in [0.1, 0.15) is 68.1 Å². The van der Waals surface area contributed by atoms with Gasteiger partial charge in [0.05, 0.1) is 19.0 Å². The lowest BCUT2D eigenvalue weighted by molar-refractivity contribution is -0.118. The Morgan fingerprint density at radius 1 is 1.10 bits per heavy atom. The maximum absolute atomic E-state index is 13.0. The second-order valence-electron chi connectivity index (χ2n) is 11.7. The highest BCUT2D eigenvalue weighted by molar-refractivity contribution is 5.97. The number of carbonyl (C=O) groups excluding carboxylic acids is 2. The number of anilines is 4. The van der Waals surface area contributed by atoms with E-state index in [0.717, 1.165) is 43.2 Å². The molecule has 3 heterocycles. The third-order valence-corrected chi connectivity index (χ3v) is 8.99. The second-order valence-corrected chi connectivity index (χ2v) is 11.7. The van der Waals surface area contributed by atoms with Crippen LogP contribution in [0.3, 0.4) is 0 Å². The molecule has 0 bridgehead atoms. The van der Waals surface area contributed by atoms with Crippen LogP contribution in [-0.4, -0.2) is 79.1 Å². The average Bonchev–Trinajstić information content (AvgIpc) is 3.45. The molecule has 1 saturated heterocycles. The Kier molecular flexibility index (Phi) is 7.78. The molecule has 40 heavy (non-hydrogen) atoms. The molecular formula is C30H41N7O3. The van der Waals surface area contributed by atoms with Crippen molar-refractivity contribution in [1.82, 2.24) is 20.2 Å². The maximum Gasteiger partial charge on any atom is 0.251 e. The molecule has 2 aromatic rings. The number of hydrogen-bond donors (Lipinski definition) is 2. The molecule has 1 aromatic carbocycles. The summed E-state index contributed by atoms with van der Waals surface area (Å²) in [5.41, 5.74) is 1.97. The molecule has 214 valence electrons. The molecule has 0 unspecified atom stereocenters. The zero-order valence-electron chi connectivity index (χ0n) is 23.7. The van der Waals surface area contributed by atoms with Gasteiger partial charge in [0, 0.05) is 50.7 Å². The maximum atomic E-state index is 13.0. The van der Waals surface area contributed by atoms with Gasteiger partial charge in [0.1, 0.15) is 11.4 Å². The number of nitrogens with one attached hydrogen (secondary N) is 2. The Morgan fingerprint density at radius 2 is 1.93 bits per heavy atom. The summed E-state index contributed by atoms with van der Waals surface area (Å²) in [4.78, 5) is 41.6. The van der Waals surface area contributed by atoms with Crippen molar-refractivity contribution in [3.63, 3.8) is 0 Å². The van der Waals surface area contributed by atoms with E-state index in [1.165, 1.54) is 38.6 Å². The van der Waals surface area contributed by atoms with Gasteiger partial charge in [-0.05, 0) is 69.2 Å². The molecule has 10 heteroatoms. The lowest BCUT2D eigenvalue weighted by Crippen LogP contribution is -2.41. The number of benzene rings is 1. The van der Waals surface area contributed by atoms with Gasteiger partial charge in [0.25, 0.3) is 5.91 Å². The van der Waals surface area contributed by atoms with E-state index in [1.807, 2.05) is 6.07 Å². The van der Waals surface area contributed by atoms with E-state index in [-0.39, 0.29) is 11.8 Å². The number of amides is 2. The van der Waals surface area contributed by atoms with Crippen LogP contribution in [0.2, 0.25) is 0 Å². The first-order valence-corrected chi connectivity index (χ1v) is 14.9. The summed E-state index contributed by atoms with van der Waals surface area (Å²) in [5, 5.41) is 6.43. The van der Waals surface area contributed by atoms with Crippen LogP contribution in [-0.2, 0) is 4.79 Å². The van der Waals surface area contributed by atoms with Gasteiger partial charge in [-0.25, -0.2) is 4.98 Å². The normalized spacial score (nSPS) is 21.9. The second kappa shape index (κ2) is 11.6. The van der Waals surface area contributed by atoms with E-state index in [1.54, 1.807) is 37.4 Å². The molecule has 3 fully saturated rings. The van der Waals surface area contributed by atoms with Crippen molar-refractivity contribution in [2.75, 3.05) is 55.5 Å². The zero-order chi connectivity index (χ0) is 27.6. The SMILES string of the molecule is COc1cc(C(=O)NC[C@@H]2CCCN2CC2CC2)ccc1Nc1ncc2c(n1)N(C1CCCC1)CCC(=O)N2C. The van der Waals surface area contributed by atoms with E-state index in [0.29, 0.717) is 54.5 Å². The van der Waals surface area contributed by atoms with Crippen LogP contribution in [0, 0.1) is 5.92 Å². The third-order valence-electron chi connectivity index (χ3n) is 8.99. The molecule has 10 nitrogen and oxygen atoms in total. The Morgan fingerprint density at radius 3 is 2.70 bits per heavy atom. The van der Waals surface area contributed by atoms with E-state index < -0.39 is 0 Å². The average molecular weight is 548 g/mol. The van der Waals surface area contributed by atoms with Crippen molar-refractivity contribution in [3.05, 3.63) is 30.0 Å². The monoisotopic (exact) mass is 547 g/mol. The Balaban J connectivity index is 1.16. The molecule has 6 rings (SSSR count). The number of hydrogen-bond acceptors (Lipinski definition) is 8. The van der Waals surface area contributed by atoms with Gasteiger partial charge in [0.2, 0.25) is 11.9 Å². The van der Waals surface area contributed by atoms with Crippen molar-refractivity contribution in [2.24, 2.45) is 5.92 Å². The highest BCUT2D eigenvalue weighted by Gasteiger charge is 2.33. The minimum atomic E-state index is -0.0932. The summed E-state index contributed by atoms with van der Waals surface area (Å²) in [7, 11) is 3.39. The smallest absolute Gasteiger partial charge is 0.251 e. The first kappa shape index (κ1) is 26.8.